The third-order valence-electron chi connectivity index (χ3n) is 2.62. The van der Waals surface area contributed by atoms with Crippen molar-refractivity contribution < 1.29 is 9.90 Å². The molecule has 0 aliphatic rings. The number of aromatic nitrogens is 2. The molecule has 0 radical (unpaired) electrons. The van der Waals surface area contributed by atoms with Crippen LogP contribution in [0.4, 0.5) is 0 Å². The first-order chi connectivity index (χ1) is 9.60. The maximum Gasteiger partial charge on any atom is 0.269 e. The van der Waals surface area contributed by atoms with Crippen LogP contribution in [0.3, 0.4) is 0 Å². The van der Waals surface area contributed by atoms with E-state index in [1.54, 1.807) is 17.8 Å². The monoisotopic (exact) mass is 289 g/mol. The van der Waals surface area contributed by atoms with Gasteiger partial charge in [-0.2, -0.15) is 5.10 Å². The Morgan fingerprint density at radius 2 is 2.35 bits per heavy atom. The first-order valence-electron chi connectivity index (χ1n) is 6.06. The van der Waals surface area contributed by atoms with Crippen LogP contribution >= 0.6 is 11.3 Å². The number of nitrogens with one attached hydrogen (secondary N) is 1. The summed E-state index contributed by atoms with van der Waals surface area (Å²) in [5, 5.41) is 17.5. The van der Waals surface area contributed by atoms with E-state index in [1.807, 2.05) is 18.4 Å². The minimum atomic E-state index is -0.151. The Labute approximate surface area is 121 Å². The number of hydrogen-bond acceptors (Lipinski definition) is 4. The second-order valence-electron chi connectivity index (χ2n) is 4.24. The van der Waals surface area contributed by atoms with Gasteiger partial charge in [-0.3, -0.25) is 9.48 Å². The van der Waals surface area contributed by atoms with E-state index in [0.29, 0.717) is 12.2 Å². The van der Waals surface area contributed by atoms with Gasteiger partial charge in [0.25, 0.3) is 5.91 Å². The number of nitrogens with zero attached hydrogens (tertiary/aromatic N) is 2. The van der Waals surface area contributed by atoms with Crippen molar-refractivity contribution in [1.82, 2.24) is 15.1 Å². The minimum absolute atomic E-state index is 0.149. The fourth-order valence-electron chi connectivity index (χ4n) is 1.76. The molecular formula is C14H15N3O2S. The number of amides is 1. The Morgan fingerprint density at radius 3 is 3.00 bits per heavy atom. The van der Waals surface area contributed by atoms with Crippen LogP contribution in [0.25, 0.3) is 0 Å². The van der Waals surface area contributed by atoms with E-state index in [2.05, 4.69) is 22.3 Å². The molecule has 0 spiro atoms. The molecule has 0 bridgehead atoms. The number of thiophene rings is 1. The molecule has 5 nitrogen and oxygen atoms in total. The van der Waals surface area contributed by atoms with E-state index in [0.717, 1.165) is 16.1 Å². The second-order valence-corrected chi connectivity index (χ2v) is 5.23. The number of carbonyl (C=O) groups excluding carboxylic acids is 1. The lowest BCUT2D eigenvalue weighted by Gasteiger charge is -2.03. The predicted octanol–water partition coefficient (Wildman–Crippen LogP) is 1.06. The molecule has 2 heterocycles. The summed E-state index contributed by atoms with van der Waals surface area (Å²) in [4.78, 5) is 13.0. The van der Waals surface area contributed by atoms with Crippen molar-refractivity contribution in [1.29, 1.82) is 0 Å². The molecular weight excluding hydrogens is 274 g/mol. The summed E-state index contributed by atoms with van der Waals surface area (Å²) >= 11 is 1.53. The zero-order chi connectivity index (χ0) is 14.5. The smallest absolute Gasteiger partial charge is 0.269 e. The maximum atomic E-state index is 12.0. The van der Waals surface area contributed by atoms with Crippen molar-refractivity contribution in [2.45, 2.75) is 13.5 Å². The summed E-state index contributed by atoms with van der Waals surface area (Å²) in [5.74, 6) is 5.27. The van der Waals surface area contributed by atoms with Gasteiger partial charge in [-0.25, -0.2) is 0 Å². The van der Waals surface area contributed by atoms with Gasteiger partial charge in [0.05, 0.1) is 12.2 Å². The molecule has 2 rings (SSSR count). The molecule has 6 heteroatoms. The van der Waals surface area contributed by atoms with Crippen molar-refractivity contribution >= 4 is 17.2 Å². The average Bonchev–Trinajstić information content (AvgIpc) is 3.00. The van der Waals surface area contributed by atoms with Crippen molar-refractivity contribution in [3.05, 3.63) is 39.3 Å². The van der Waals surface area contributed by atoms with Crippen molar-refractivity contribution in [2.24, 2.45) is 7.05 Å². The largest absolute Gasteiger partial charge is 0.384 e. The standard InChI is InChI=1S/C14H15N3O2S/c1-10-6-13(17(2)16-10)14(19)15-8-12-7-11(9-20-12)4-3-5-18/h6-7,9,18H,5,8H2,1-2H3,(H,15,19). The Hall–Kier alpha value is -2.10. The van der Waals surface area contributed by atoms with Crippen LogP contribution < -0.4 is 5.32 Å². The van der Waals surface area contributed by atoms with Crippen LogP contribution in [-0.4, -0.2) is 27.4 Å². The van der Waals surface area contributed by atoms with Gasteiger partial charge in [0.15, 0.2) is 0 Å². The third kappa shape index (κ3) is 3.47. The number of aryl methyl sites for hydroxylation is 2. The minimum Gasteiger partial charge on any atom is -0.384 e. The Bertz CT molecular complexity index is 676. The third-order valence-corrected chi connectivity index (χ3v) is 3.56. The molecule has 104 valence electrons. The van der Waals surface area contributed by atoms with Gasteiger partial charge in [-0.1, -0.05) is 11.8 Å². The molecule has 0 fully saturated rings. The fraction of sp³-hybridized carbons (Fsp3) is 0.286. The number of aliphatic hydroxyl groups excluding tert-OH is 1. The van der Waals surface area contributed by atoms with Gasteiger partial charge < -0.3 is 10.4 Å². The van der Waals surface area contributed by atoms with E-state index < -0.39 is 0 Å². The first-order valence-corrected chi connectivity index (χ1v) is 6.94. The summed E-state index contributed by atoms with van der Waals surface area (Å²) in [6.45, 7) is 2.15. The quantitative estimate of drug-likeness (QED) is 0.830. The van der Waals surface area contributed by atoms with E-state index in [-0.39, 0.29) is 12.5 Å². The van der Waals surface area contributed by atoms with Gasteiger partial charge in [-0.05, 0) is 19.1 Å². The summed E-state index contributed by atoms with van der Waals surface area (Å²) in [6.07, 6.45) is 0. The second kappa shape index (κ2) is 6.37. The lowest BCUT2D eigenvalue weighted by atomic mass is 10.3. The van der Waals surface area contributed by atoms with Crippen LogP contribution in [0.1, 0.15) is 26.6 Å². The average molecular weight is 289 g/mol. The highest BCUT2D eigenvalue weighted by Crippen LogP contribution is 2.13. The molecule has 0 unspecified atom stereocenters. The van der Waals surface area contributed by atoms with Crippen molar-refractivity contribution in [3.63, 3.8) is 0 Å². The van der Waals surface area contributed by atoms with E-state index in [9.17, 15) is 4.79 Å². The van der Waals surface area contributed by atoms with E-state index >= 15 is 0 Å². The normalized spacial score (nSPS) is 9.95. The molecule has 0 saturated carbocycles. The molecule has 0 atom stereocenters. The van der Waals surface area contributed by atoms with E-state index in [4.69, 9.17) is 5.11 Å². The Morgan fingerprint density at radius 1 is 1.55 bits per heavy atom. The molecule has 2 N–H and O–H groups in total. The van der Waals surface area contributed by atoms with Crippen LogP contribution in [0.15, 0.2) is 17.5 Å². The number of rotatable bonds is 3. The van der Waals surface area contributed by atoms with Crippen LogP contribution in [0.2, 0.25) is 0 Å². The Kier molecular flexibility index (Phi) is 4.56. The molecule has 2 aromatic rings. The van der Waals surface area contributed by atoms with Gasteiger partial charge in [-0.15, -0.1) is 11.3 Å². The molecule has 2 aromatic heterocycles. The van der Waals surface area contributed by atoms with Gasteiger partial charge in [0, 0.05) is 22.9 Å². The molecule has 0 aliphatic carbocycles. The highest BCUT2D eigenvalue weighted by molar-refractivity contribution is 7.10. The SMILES string of the molecule is Cc1cc(C(=O)NCc2cc(C#CCO)cs2)n(C)n1. The van der Waals surface area contributed by atoms with E-state index in [1.165, 1.54) is 11.3 Å². The summed E-state index contributed by atoms with van der Waals surface area (Å²) < 4.78 is 1.57. The first kappa shape index (κ1) is 14.3. The predicted molar refractivity (Wildman–Crippen MR) is 77.4 cm³/mol. The number of aliphatic hydroxyl groups is 1. The highest BCUT2D eigenvalue weighted by atomic mass is 32.1. The summed E-state index contributed by atoms with van der Waals surface area (Å²) in [7, 11) is 1.75. The zero-order valence-corrected chi connectivity index (χ0v) is 12.1. The lowest BCUT2D eigenvalue weighted by Crippen LogP contribution is -2.24. The Balaban J connectivity index is 1.96. The van der Waals surface area contributed by atoms with Gasteiger partial charge in [0.2, 0.25) is 0 Å². The van der Waals surface area contributed by atoms with Crippen LogP contribution in [-0.2, 0) is 13.6 Å². The summed E-state index contributed by atoms with van der Waals surface area (Å²) in [6, 6.07) is 3.66. The molecule has 0 saturated heterocycles. The molecule has 0 aromatic carbocycles. The molecule has 1 amide bonds. The summed E-state index contributed by atoms with van der Waals surface area (Å²) in [5.41, 5.74) is 2.21. The topological polar surface area (TPSA) is 67.2 Å². The van der Waals surface area contributed by atoms with Gasteiger partial charge >= 0.3 is 0 Å². The molecule has 20 heavy (non-hydrogen) atoms. The van der Waals surface area contributed by atoms with Crippen LogP contribution in [0, 0.1) is 18.8 Å². The van der Waals surface area contributed by atoms with Crippen LogP contribution in [0.5, 0.6) is 0 Å². The lowest BCUT2D eigenvalue weighted by molar-refractivity contribution is 0.0942. The number of hydrogen-bond donors (Lipinski definition) is 2. The molecule has 0 aliphatic heterocycles. The fourth-order valence-corrected chi connectivity index (χ4v) is 2.52. The highest BCUT2D eigenvalue weighted by Gasteiger charge is 2.11. The maximum absolute atomic E-state index is 12.0. The van der Waals surface area contributed by atoms with Crippen molar-refractivity contribution in [3.8, 4) is 11.8 Å². The number of carbonyl (C=O) groups is 1. The van der Waals surface area contributed by atoms with Crippen molar-refractivity contribution in [2.75, 3.05) is 6.61 Å². The van der Waals surface area contributed by atoms with Gasteiger partial charge in [0.1, 0.15) is 12.3 Å². The zero-order valence-electron chi connectivity index (χ0n) is 11.3.